The van der Waals surface area contributed by atoms with Crippen LogP contribution in [-0.4, -0.2) is 22.7 Å². The van der Waals surface area contributed by atoms with Gasteiger partial charge in [-0.1, -0.05) is 25.3 Å². The molecule has 0 aliphatic heterocycles. The number of nitrogens with one attached hydrogen (secondary N) is 1. The first-order valence-corrected chi connectivity index (χ1v) is 13.6. The van der Waals surface area contributed by atoms with Crippen molar-refractivity contribution in [1.29, 1.82) is 0 Å². The minimum Gasteiger partial charge on any atom is -0.343 e. The predicted molar refractivity (Wildman–Crippen MR) is 127 cm³/mol. The molecule has 1 aromatic heterocycles. The fraction of sp³-hybridized carbons (Fsp3) is 0.565. The average molecular weight is 466 g/mol. The first-order valence-electron chi connectivity index (χ1n) is 10.9. The molecule has 31 heavy (non-hydrogen) atoms. The number of nitrogens with two attached hydrogens (primary N) is 1. The number of hydrogen-bond acceptors (Lipinski definition) is 3. The molecule has 3 rings (SSSR count). The van der Waals surface area contributed by atoms with Gasteiger partial charge in [0.25, 0.3) is 0 Å². The molecule has 1 aromatic carbocycles. The van der Waals surface area contributed by atoms with E-state index < -0.39 is 21.0 Å². The van der Waals surface area contributed by atoms with E-state index in [2.05, 4.69) is 9.29 Å². The van der Waals surface area contributed by atoms with Crippen LogP contribution in [0.2, 0.25) is 0 Å². The molecule has 2 aromatic rings. The lowest BCUT2D eigenvalue weighted by Crippen LogP contribution is -2.37. The maximum atomic E-state index is 12.7. The summed E-state index contributed by atoms with van der Waals surface area (Å²) in [5.74, 6) is 0.538. The van der Waals surface area contributed by atoms with Crippen molar-refractivity contribution in [2.75, 3.05) is 0 Å². The summed E-state index contributed by atoms with van der Waals surface area (Å²) < 4.78 is 42.4. The Labute approximate surface area is 189 Å². The SMILES string of the molecule is Cc1cc(-c2cc(S(N)(=O)=O)c(C)n2CC2CCCCC2)ccc1S(=O)NC(C)(C)C. The zero-order valence-electron chi connectivity index (χ0n) is 19.2. The van der Waals surface area contributed by atoms with Crippen molar-refractivity contribution in [3.05, 3.63) is 35.5 Å². The topological polar surface area (TPSA) is 94.2 Å². The lowest BCUT2D eigenvalue weighted by Gasteiger charge is -2.24. The molecule has 0 saturated heterocycles. The van der Waals surface area contributed by atoms with Crippen molar-refractivity contribution in [2.24, 2.45) is 11.1 Å². The van der Waals surface area contributed by atoms with Crippen LogP contribution in [0.25, 0.3) is 11.3 Å². The summed E-state index contributed by atoms with van der Waals surface area (Å²) >= 11 is 0. The Bertz CT molecular complexity index is 1080. The van der Waals surface area contributed by atoms with Gasteiger partial charge >= 0.3 is 0 Å². The molecule has 1 aliphatic carbocycles. The molecular weight excluding hydrogens is 430 g/mol. The van der Waals surface area contributed by atoms with Crippen molar-refractivity contribution in [1.82, 2.24) is 9.29 Å². The summed E-state index contributed by atoms with van der Waals surface area (Å²) in [5, 5.41) is 5.51. The second kappa shape index (κ2) is 9.17. The Morgan fingerprint density at radius 3 is 2.32 bits per heavy atom. The van der Waals surface area contributed by atoms with E-state index in [1.54, 1.807) is 6.07 Å². The van der Waals surface area contributed by atoms with Crippen LogP contribution in [0.5, 0.6) is 0 Å². The van der Waals surface area contributed by atoms with E-state index in [0.29, 0.717) is 11.6 Å². The van der Waals surface area contributed by atoms with Gasteiger partial charge in [-0.3, -0.25) is 0 Å². The number of benzene rings is 1. The van der Waals surface area contributed by atoms with Gasteiger partial charge in [0.15, 0.2) is 0 Å². The number of aryl methyl sites for hydroxylation is 1. The third-order valence-electron chi connectivity index (χ3n) is 5.86. The van der Waals surface area contributed by atoms with E-state index in [1.807, 2.05) is 52.8 Å². The Morgan fingerprint density at radius 2 is 1.77 bits per heavy atom. The third-order valence-corrected chi connectivity index (χ3v) is 8.54. The van der Waals surface area contributed by atoms with Gasteiger partial charge in [-0.25, -0.2) is 22.5 Å². The van der Waals surface area contributed by atoms with Crippen LogP contribution < -0.4 is 9.86 Å². The van der Waals surface area contributed by atoms with Gasteiger partial charge in [0.1, 0.15) is 15.9 Å². The maximum Gasteiger partial charge on any atom is 0.239 e. The third kappa shape index (κ3) is 5.86. The number of hydrogen-bond donors (Lipinski definition) is 2. The number of primary sulfonamides is 1. The smallest absolute Gasteiger partial charge is 0.239 e. The van der Waals surface area contributed by atoms with E-state index in [0.717, 1.165) is 41.1 Å². The van der Waals surface area contributed by atoms with E-state index in [4.69, 9.17) is 5.14 Å². The summed E-state index contributed by atoms with van der Waals surface area (Å²) in [6, 6.07) is 7.45. The Morgan fingerprint density at radius 1 is 1.13 bits per heavy atom. The Balaban J connectivity index is 2.02. The van der Waals surface area contributed by atoms with Gasteiger partial charge in [0, 0.05) is 23.5 Å². The van der Waals surface area contributed by atoms with E-state index in [9.17, 15) is 12.6 Å². The Hall–Kier alpha value is -1.48. The van der Waals surface area contributed by atoms with E-state index in [1.165, 1.54) is 19.3 Å². The van der Waals surface area contributed by atoms with Gasteiger partial charge in [-0.2, -0.15) is 0 Å². The van der Waals surface area contributed by atoms with Gasteiger partial charge in [-0.05, 0) is 82.7 Å². The molecule has 0 amide bonds. The van der Waals surface area contributed by atoms with Crippen molar-refractivity contribution in [2.45, 2.75) is 88.6 Å². The zero-order chi connectivity index (χ0) is 23.0. The molecule has 8 heteroatoms. The van der Waals surface area contributed by atoms with E-state index in [-0.39, 0.29) is 10.4 Å². The maximum absolute atomic E-state index is 12.7. The lowest BCUT2D eigenvalue weighted by molar-refractivity contribution is 0.318. The van der Waals surface area contributed by atoms with Crippen LogP contribution in [0.4, 0.5) is 0 Å². The first-order chi connectivity index (χ1) is 14.4. The highest BCUT2D eigenvalue weighted by Crippen LogP contribution is 2.33. The van der Waals surface area contributed by atoms with Gasteiger partial charge in [0.05, 0.1) is 4.90 Å². The van der Waals surface area contributed by atoms with E-state index >= 15 is 0 Å². The average Bonchev–Trinajstić information content (AvgIpc) is 2.98. The van der Waals surface area contributed by atoms with Gasteiger partial charge in [-0.15, -0.1) is 0 Å². The van der Waals surface area contributed by atoms with Crippen LogP contribution in [-0.2, 0) is 27.6 Å². The normalized spacial score (nSPS) is 17.1. The van der Waals surface area contributed by atoms with Crippen LogP contribution in [0, 0.1) is 19.8 Å². The second-order valence-electron chi connectivity index (χ2n) is 9.74. The first kappa shape index (κ1) is 24.2. The minimum absolute atomic E-state index is 0.179. The summed E-state index contributed by atoms with van der Waals surface area (Å²) in [4.78, 5) is 0.908. The van der Waals surface area contributed by atoms with Crippen molar-refractivity contribution in [3.8, 4) is 11.3 Å². The molecule has 1 fully saturated rings. The standard InChI is InChI=1S/C23H35N3O3S2/c1-16-13-19(11-12-21(16)30(27)25-23(3,4)5)20-14-22(31(24,28)29)17(2)26(20)15-18-9-7-6-8-10-18/h11-14,18,25H,6-10,15H2,1-5H3,(H2,24,28,29). The fourth-order valence-corrected chi connectivity index (χ4v) is 6.37. The molecule has 3 N–H and O–H groups in total. The monoisotopic (exact) mass is 465 g/mol. The molecule has 0 bridgehead atoms. The predicted octanol–water partition coefficient (Wildman–Crippen LogP) is 4.41. The van der Waals surface area contributed by atoms with Crippen LogP contribution >= 0.6 is 0 Å². The molecular formula is C23H35N3O3S2. The van der Waals surface area contributed by atoms with Gasteiger partial charge in [0.2, 0.25) is 10.0 Å². The highest BCUT2D eigenvalue weighted by Gasteiger charge is 2.24. The van der Waals surface area contributed by atoms with Crippen LogP contribution in [0.15, 0.2) is 34.1 Å². The van der Waals surface area contributed by atoms with Crippen molar-refractivity contribution >= 4 is 21.0 Å². The lowest BCUT2D eigenvalue weighted by atomic mass is 9.89. The zero-order valence-corrected chi connectivity index (χ0v) is 20.8. The molecule has 0 radical (unpaired) electrons. The fourth-order valence-electron chi connectivity index (χ4n) is 4.36. The molecule has 172 valence electrons. The highest BCUT2D eigenvalue weighted by molar-refractivity contribution is 7.89. The number of nitrogens with zero attached hydrogens (tertiary/aromatic N) is 1. The largest absolute Gasteiger partial charge is 0.343 e. The molecule has 1 atom stereocenters. The molecule has 1 saturated carbocycles. The quantitative estimate of drug-likeness (QED) is 0.661. The minimum atomic E-state index is -3.82. The number of aromatic nitrogens is 1. The van der Waals surface area contributed by atoms with Gasteiger partial charge < -0.3 is 4.57 Å². The number of rotatable bonds is 6. The van der Waals surface area contributed by atoms with Crippen LogP contribution in [0.3, 0.4) is 0 Å². The molecule has 1 unspecified atom stereocenters. The second-order valence-corrected chi connectivity index (χ2v) is 12.5. The highest BCUT2D eigenvalue weighted by atomic mass is 32.2. The number of sulfonamides is 1. The van der Waals surface area contributed by atoms with Crippen LogP contribution in [0.1, 0.15) is 64.1 Å². The summed E-state index contributed by atoms with van der Waals surface area (Å²) in [5.41, 5.74) is 3.06. The summed E-state index contributed by atoms with van der Waals surface area (Å²) in [6.45, 7) is 10.5. The molecule has 0 spiro atoms. The summed E-state index contributed by atoms with van der Waals surface area (Å²) in [7, 11) is -5.14. The molecule has 1 heterocycles. The van der Waals surface area contributed by atoms with Crippen molar-refractivity contribution in [3.63, 3.8) is 0 Å². The summed E-state index contributed by atoms with van der Waals surface area (Å²) in [6.07, 6.45) is 6.05. The van der Waals surface area contributed by atoms with Crippen molar-refractivity contribution < 1.29 is 12.6 Å². The molecule has 1 aliphatic rings. The molecule has 6 nitrogen and oxygen atoms in total. The Kier molecular flexibility index (Phi) is 7.15.